The summed E-state index contributed by atoms with van der Waals surface area (Å²) in [5.74, 6) is 1.87. The molecule has 0 aliphatic carbocycles. The van der Waals surface area contributed by atoms with Crippen molar-refractivity contribution < 1.29 is 13.9 Å². The van der Waals surface area contributed by atoms with Crippen molar-refractivity contribution in [2.75, 3.05) is 7.11 Å². The molecule has 0 aliphatic heterocycles. The minimum atomic E-state index is -0.121. The number of nitrogens with one attached hydrogen (secondary N) is 1. The van der Waals surface area contributed by atoms with Gasteiger partial charge in [-0.3, -0.25) is 4.79 Å². The van der Waals surface area contributed by atoms with Gasteiger partial charge in [-0.15, -0.1) is 0 Å². The molecule has 1 aromatic heterocycles. The Morgan fingerprint density at radius 3 is 2.71 bits per heavy atom. The number of benzene rings is 2. The third-order valence-electron chi connectivity index (χ3n) is 4.30. The third-order valence-corrected chi connectivity index (χ3v) is 5.17. The zero-order chi connectivity index (χ0) is 20.1. The summed E-state index contributed by atoms with van der Waals surface area (Å²) in [6.45, 7) is 1.94. The maximum absolute atomic E-state index is 12.3. The summed E-state index contributed by atoms with van der Waals surface area (Å²) in [5.41, 5.74) is 1.88. The highest BCUT2D eigenvalue weighted by Gasteiger charge is 2.13. The van der Waals surface area contributed by atoms with Gasteiger partial charge in [0.15, 0.2) is 11.7 Å². The van der Waals surface area contributed by atoms with Crippen LogP contribution < -0.4 is 10.1 Å². The number of rotatable bonds is 7. The molecule has 3 rings (SSSR count). The van der Waals surface area contributed by atoms with Crippen LogP contribution in [0.3, 0.4) is 0 Å². The first-order chi connectivity index (χ1) is 13.5. The third kappa shape index (κ3) is 5.14. The van der Waals surface area contributed by atoms with Crippen LogP contribution in [-0.2, 0) is 11.2 Å². The van der Waals surface area contributed by atoms with E-state index < -0.39 is 0 Å². The lowest BCUT2D eigenvalue weighted by molar-refractivity contribution is -0.121. The molecule has 28 heavy (non-hydrogen) atoms. The SMILES string of the molecule is COc1ccc(C(C)NC(=O)CCc2ncc(-c3ccc(Cl)cc3)o2)cc1Br. The highest BCUT2D eigenvalue weighted by molar-refractivity contribution is 9.10. The predicted molar refractivity (Wildman–Crippen MR) is 113 cm³/mol. The van der Waals surface area contributed by atoms with Crippen molar-refractivity contribution in [3.05, 3.63) is 69.6 Å². The van der Waals surface area contributed by atoms with E-state index in [1.54, 1.807) is 25.4 Å². The molecule has 0 spiro atoms. The molecule has 146 valence electrons. The molecular weight excluding hydrogens is 444 g/mol. The van der Waals surface area contributed by atoms with E-state index in [1.165, 1.54) is 0 Å². The minimum Gasteiger partial charge on any atom is -0.496 e. The lowest BCUT2D eigenvalue weighted by atomic mass is 10.1. The van der Waals surface area contributed by atoms with Crippen molar-refractivity contribution in [3.8, 4) is 17.1 Å². The molecule has 1 amide bonds. The van der Waals surface area contributed by atoms with Crippen molar-refractivity contribution in [2.24, 2.45) is 0 Å². The van der Waals surface area contributed by atoms with Crippen molar-refractivity contribution in [1.82, 2.24) is 10.3 Å². The molecule has 0 saturated heterocycles. The van der Waals surface area contributed by atoms with E-state index >= 15 is 0 Å². The zero-order valence-corrected chi connectivity index (χ0v) is 17.9. The summed E-state index contributed by atoms with van der Waals surface area (Å²) >= 11 is 9.36. The van der Waals surface area contributed by atoms with Gasteiger partial charge in [-0.1, -0.05) is 17.7 Å². The van der Waals surface area contributed by atoms with Crippen molar-refractivity contribution in [3.63, 3.8) is 0 Å². The number of halogens is 2. The topological polar surface area (TPSA) is 64.4 Å². The van der Waals surface area contributed by atoms with Gasteiger partial charge in [0.05, 0.1) is 23.8 Å². The Labute approximate surface area is 177 Å². The van der Waals surface area contributed by atoms with Crippen molar-refractivity contribution in [1.29, 1.82) is 0 Å². The first-order valence-electron chi connectivity index (χ1n) is 8.79. The van der Waals surface area contributed by atoms with Gasteiger partial charge >= 0.3 is 0 Å². The second kappa shape index (κ2) is 9.26. The van der Waals surface area contributed by atoms with Gasteiger partial charge < -0.3 is 14.5 Å². The fraction of sp³-hybridized carbons (Fsp3) is 0.238. The molecule has 2 aromatic carbocycles. The normalized spacial score (nSPS) is 11.9. The Kier molecular flexibility index (Phi) is 6.75. The molecule has 0 radical (unpaired) electrons. The second-order valence-electron chi connectivity index (χ2n) is 6.31. The highest BCUT2D eigenvalue weighted by atomic mass is 79.9. The molecule has 1 heterocycles. The van der Waals surface area contributed by atoms with Crippen LogP contribution in [0.4, 0.5) is 0 Å². The van der Waals surface area contributed by atoms with Crippen LogP contribution in [0.5, 0.6) is 5.75 Å². The molecule has 5 nitrogen and oxygen atoms in total. The van der Waals surface area contributed by atoms with E-state index in [-0.39, 0.29) is 11.9 Å². The maximum Gasteiger partial charge on any atom is 0.220 e. The average Bonchev–Trinajstić information content (AvgIpc) is 3.16. The number of hydrogen-bond acceptors (Lipinski definition) is 4. The molecule has 1 atom stereocenters. The molecule has 0 bridgehead atoms. The van der Waals surface area contributed by atoms with Crippen LogP contribution in [0.2, 0.25) is 5.02 Å². The van der Waals surface area contributed by atoms with Crippen LogP contribution >= 0.6 is 27.5 Å². The molecule has 7 heteroatoms. The van der Waals surface area contributed by atoms with E-state index in [0.717, 1.165) is 21.3 Å². The Morgan fingerprint density at radius 2 is 2.04 bits per heavy atom. The largest absolute Gasteiger partial charge is 0.496 e. The van der Waals surface area contributed by atoms with Gasteiger partial charge in [-0.25, -0.2) is 4.98 Å². The molecule has 0 fully saturated rings. The minimum absolute atomic E-state index is 0.0642. The van der Waals surface area contributed by atoms with Crippen molar-refractivity contribution >= 4 is 33.4 Å². The molecule has 3 aromatic rings. The average molecular weight is 464 g/mol. The van der Waals surface area contributed by atoms with E-state index in [0.29, 0.717) is 29.5 Å². The fourth-order valence-electron chi connectivity index (χ4n) is 2.74. The number of nitrogens with zero attached hydrogens (tertiary/aromatic N) is 1. The molecule has 1 unspecified atom stereocenters. The van der Waals surface area contributed by atoms with Crippen LogP contribution in [0.25, 0.3) is 11.3 Å². The Bertz CT molecular complexity index is 957. The number of amides is 1. The number of aromatic nitrogens is 1. The summed E-state index contributed by atoms with van der Waals surface area (Å²) in [5, 5.41) is 3.66. The number of hydrogen-bond donors (Lipinski definition) is 1. The summed E-state index contributed by atoms with van der Waals surface area (Å²) in [6, 6.07) is 13.0. The quantitative estimate of drug-likeness (QED) is 0.497. The Morgan fingerprint density at radius 1 is 1.29 bits per heavy atom. The van der Waals surface area contributed by atoms with Crippen LogP contribution in [0.1, 0.15) is 30.8 Å². The van der Waals surface area contributed by atoms with Crippen molar-refractivity contribution in [2.45, 2.75) is 25.8 Å². The first-order valence-corrected chi connectivity index (χ1v) is 9.97. The number of aryl methyl sites for hydroxylation is 1. The van der Waals surface area contributed by atoms with Gasteiger partial charge in [0.2, 0.25) is 5.91 Å². The lowest BCUT2D eigenvalue weighted by Gasteiger charge is -2.15. The standard InChI is InChI=1S/C21H20BrClN2O3/c1-13(15-5-8-18(27-2)17(22)11-15)25-20(26)9-10-21-24-12-19(28-21)14-3-6-16(23)7-4-14/h3-8,11-13H,9-10H2,1-2H3,(H,25,26). The molecule has 1 N–H and O–H groups in total. The Balaban J connectivity index is 1.54. The zero-order valence-electron chi connectivity index (χ0n) is 15.5. The first kappa shape index (κ1) is 20.4. The smallest absolute Gasteiger partial charge is 0.220 e. The lowest BCUT2D eigenvalue weighted by Crippen LogP contribution is -2.26. The Hall–Kier alpha value is -2.31. The fourth-order valence-corrected chi connectivity index (χ4v) is 3.43. The maximum atomic E-state index is 12.3. The van der Waals surface area contributed by atoms with E-state index in [4.69, 9.17) is 20.8 Å². The molecule has 0 aliphatic rings. The number of ether oxygens (including phenoxy) is 1. The highest BCUT2D eigenvalue weighted by Crippen LogP contribution is 2.28. The van der Waals surface area contributed by atoms with Crippen LogP contribution in [-0.4, -0.2) is 18.0 Å². The second-order valence-corrected chi connectivity index (χ2v) is 7.60. The summed E-state index contributed by atoms with van der Waals surface area (Å²) in [7, 11) is 1.62. The number of carbonyl (C=O) groups is 1. The summed E-state index contributed by atoms with van der Waals surface area (Å²) < 4.78 is 11.8. The summed E-state index contributed by atoms with van der Waals surface area (Å²) in [6.07, 6.45) is 2.38. The number of oxazole rings is 1. The van der Waals surface area contributed by atoms with Gasteiger partial charge in [-0.2, -0.15) is 0 Å². The van der Waals surface area contributed by atoms with Gasteiger partial charge in [0, 0.05) is 23.4 Å². The van der Waals surface area contributed by atoms with Gasteiger partial charge in [0.1, 0.15) is 5.75 Å². The van der Waals surface area contributed by atoms with Crippen LogP contribution in [0.15, 0.2) is 57.6 Å². The van der Waals surface area contributed by atoms with Gasteiger partial charge in [0.25, 0.3) is 0 Å². The predicted octanol–water partition coefficient (Wildman–Crippen LogP) is 5.58. The van der Waals surface area contributed by atoms with Crippen LogP contribution in [0, 0.1) is 0 Å². The van der Waals surface area contributed by atoms with E-state index in [9.17, 15) is 4.79 Å². The monoisotopic (exact) mass is 462 g/mol. The number of carbonyl (C=O) groups excluding carboxylic acids is 1. The summed E-state index contributed by atoms with van der Waals surface area (Å²) in [4.78, 5) is 16.5. The molecule has 0 saturated carbocycles. The van der Waals surface area contributed by atoms with Gasteiger partial charge in [-0.05, 0) is 64.8 Å². The van der Waals surface area contributed by atoms with E-state index in [2.05, 4.69) is 26.2 Å². The molecular formula is C21H20BrClN2O3. The van der Waals surface area contributed by atoms with E-state index in [1.807, 2.05) is 37.3 Å². The number of methoxy groups -OCH3 is 1.